The summed E-state index contributed by atoms with van der Waals surface area (Å²) in [7, 11) is -1.80. The largest absolute Gasteiger partial charge is 0.460 e. The van der Waals surface area contributed by atoms with Crippen LogP contribution in [0.1, 0.15) is 41.0 Å². The third-order valence-electron chi connectivity index (χ3n) is 3.10. The molecule has 0 aromatic rings. The van der Waals surface area contributed by atoms with E-state index >= 15 is 0 Å². The van der Waals surface area contributed by atoms with Gasteiger partial charge in [-0.15, -0.1) is 0 Å². The average molecular weight is 327 g/mol. The summed E-state index contributed by atoms with van der Waals surface area (Å²) in [6.07, 6.45) is 1.98. The van der Waals surface area contributed by atoms with Gasteiger partial charge in [0, 0.05) is 12.6 Å². The first-order chi connectivity index (χ1) is 9.81. The second kappa shape index (κ2) is 6.44. The maximum atomic E-state index is 12.5. The summed E-state index contributed by atoms with van der Waals surface area (Å²) in [5.74, 6) is -0.622. The molecule has 1 heterocycles. The van der Waals surface area contributed by atoms with E-state index in [0.717, 1.165) is 0 Å². The SMILES string of the molecule is CC(C)OC(=O)C1=CN([Si](C)(C)C)C(C(=O)OC(C)(C)C)C1. The Balaban J connectivity index is 2.96. The van der Waals surface area contributed by atoms with Crippen molar-refractivity contribution in [2.75, 3.05) is 0 Å². The lowest BCUT2D eigenvalue weighted by Crippen LogP contribution is -2.50. The Morgan fingerprint density at radius 3 is 2.23 bits per heavy atom. The summed E-state index contributed by atoms with van der Waals surface area (Å²) < 4.78 is 12.8. The minimum absolute atomic E-state index is 0.172. The summed E-state index contributed by atoms with van der Waals surface area (Å²) in [6.45, 7) is 15.6. The van der Waals surface area contributed by atoms with Crippen molar-refractivity contribution in [3.8, 4) is 0 Å². The number of carbonyl (C=O) groups excluding carboxylic acids is 2. The molecule has 0 radical (unpaired) electrons. The van der Waals surface area contributed by atoms with Crippen molar-refractivity contribution in [2.45, 2.75) is 78.4 Å². The van der Waals surface area contributed by atoms with Crippen LogP contribution < -0.4 is 0 Å². The first-order valence-corrected chi connectivity index (χ1v) is 11.2. The number of hydrogen-bond donors (Lipinski definition) is 0. The zero-order valence-electron chi connectivity index (χ0n) is 15.0. The Bertz CT molecular complexity index is 472. The molecule has 0 amide bonds. The second-order valence-electron chi connectivity index (χ2n) is 7.94. The molecule has 0 spiro atoms. The normalized spacial score (nSPS) is 19.2. The number of hydrogen-bond acceptors (Lipinski definition) is 5. The molecule has 1 atom stereocenters. The van der Waals surface area contributed by atoms with Gasteiger partial charge in [-0.3, -0.25) is 0 Å². The van der Waals surface area contributed by atoms with E-state index in [2.05, 4.69) is 19.6 Å². The number of carbonyl (C=O) groups is 2. The lowest BCUT2D eigenvalue weighted by Gasteiger charge is -2.36. The molecular weight excluding hydrogens is 298 g/mol. The maximum absolute atomic E-state index is 12.5. The van der Waals surface area contributed by atoms with Crippen LogP contribution in [0.25, 0.3) is 0 Å². The molecule has 0 aliphatic carbocycles. The van der Waals surface area contributed by atoms with Gasteiger partial charge in [0.05, 0.1) is 11.7 Å². The van der Waals surface area contributed by atoms with Crippen LogP contribution in [-0.2, 0) is 19.1 Å². The van der Waals surface area contributed by atoms with Crippen molar-refractivity contribution in [3.05, 3.63) is 11.8 Å². The fourth-order valence-electron chi connectivity index (χ4n) is 2.27. The van der Waals surface area contributed by atoms with Gasteiger partial charge in [0.25, 0.3) is 0 Å². The average Bonchev–Trinajstić information content (AvgIpc) is 2.69. The zero-order chi connectivity index (χ0) is 17.3. The molecule has 1 rings (SSSR count). The molecule has 1 aliphatic rings. The van der Waals surface area contributed by atoms with E-state index in [1.165, 1.54) is 0 Å². The van der Waals surface area contributed by atoms with Crippen LogP contribution in [0, 0.1) is 0 Å². The minimum Gasteiger partial charge on any atom is -0.460 e. The second-order valence-corrected chi connectivity index (χ2v) is 12.8. The summed E-state index contributed by atoms with van der Waals surface area (Å²) in [4.78, 5) is 24.6. The summed E-state index contributed by atoms with van der Waals surface area (Å²) >= 11 is 0. The third-order valence-corrected chi connectivity index (χ3v) is 5.09. The maximum Gasteiger partial charge on any atom is 0.335 e. The number of rotatable bonds is 4. The Hall–Kier alpha value is -1.30. The molecule has 1 unspecified atom stereocenters. The van der Waals surface area contributed by atoms with Gasteiger partial charge in [-0.2, -0.15) is 0 Å². The molecule has 0 fully saturated rings. The van der Waals surface area contributed by atoms with Crippen molar-refractivity contribution in [2.24, 2.45) is 0 Å². The van der Waals surface area contributed by atoms with Crippen molar-refractivity contribution >= 4 is 20.2 Å². The lowest BCUT2D eigenvalue weighted by atomic mass is 10.1. The molecule has 0 bridgehead atoms. The lowest BCUT2D eigenvalue weighted by molar-refractivity contribution is -0.158. The molecule has 0 saturated carbocycles. The topological polar surface area (TPSA) is 55.8 Å². The van der Waals surface area contributed by atoms with E-state index < -0.39 is 19.9 Å². The van der Waals surface area contributed by atoms with Crippen molar-refractivity contribution in [1.82, 2.24) is 4.57 Å². The van der Waals surface area contributed by atoms with Crippen molar-refractivity contribution in [3.63, 3.8) is 0 Å². The van der Waals surface area contributed by atoms with Crippen LogP contribution in [0.3, 0.4) is 0 Å². The van der Waals surface area contributed by atoms with Gasteiger partial charge >= 0.3 is 11.9 Å². The highest BCUT2D eigenvalue weighted by molar-refractivity contribution is 6.74. The smallest absolute Gasteiger partial charge is 0.335 e. The monoisotopic (exact) mass is 327 g/mol. The van der Waals surface area contributed by atoms with Gasteiger partial charge in [-0.05, 0) is 34.6 Å². The van der Waals surface area contributed by atoms with Crippen LogP contribution in [0.4, 0.5) is 0 Å². The van der Waals surface area contributed by atoms with Crippen LogP contribution in [0.15, 0.2) is 11.8 Å². The summed E-state index contributed by atoms with van der Waals surface area (Å²) in [5.41, 5.74) is 0.00983. The molecule has 0 N–H and O–H groups in total. The predicted molar refractivity (Wildman–Crippen MR) is 88.7 cm³/mol. The summed E-state index contributed by atoms with van der Waals surface area (Å²) in [6, 6.07) is -0.430. The highest BCUT2D eigenvalue weighted by Crippen LogP contribution is 2.30. The van der Waals surface area contributed by atoms with E-state index in [-0.39, 0.29) is 18.0 Å². The Morgan fingerprint density at radius 2 is 1.82 bits per heavy atom. The molecule has 0 aromatic heterocycles. The van der Waals surface area contributed by atoms with Crippen LogP contribution >= 0.6 is 0 Å². The number of esters is 2. The van der Waals surface area contributed by atoms with E-state index in [4.69, 9.17) is 9.47 Å². The molecule has 0 aromatic carbocycles. The molecular formula is C16H29NO4Si. The fraction of sp³-hybridized carbons (Fsp3) is 0.750. The Labute approximate surface area is 134 Å². The molecule has 6 heteroatoms. The Morgan fingerprint density at radius 1 is 1.27 bits per heavy atom. The van der Waals surface area contributed by atoms with Crippen molar-refractivity contribution in [1.29, 1.82) is 0 Å². The molecule has 0 saturated heterocycles. The number of nitrogens with zero attached hydrogens (tertiary/aromatic N) is 1. The van der Waals surface area contributed by atoms with Gasteiger partial charge in [-0.1, -0.05) is 19.6 Å². The van der Waals surface area contributed by atoms with Gasteiger partial charge in [0.15, 0.2) is 0 Å². The van der Waals surface area contributed by atoms with Crippen LogP contribution in [-0.4, -0.2) is 42.5 Å². The minimum atomic E-state index is -1.80. The standard InChI is InChI=1S/C16H29NO4Si/c1-11(2)20-14(18)12-9-13(15(19)21-16(3,4)5)17(10-12)22(6,7)8/h10-11,13H,9H2,1-8H3. The van der Waals surface area contributed by atoms with E-state index in [9.17, 15) is 9.59 Å². The Kier molecular flexibility index (Phi) is 5.49. The van der Waals surface area contributed by atoms with Crippen LogP contribution in [0.5, 0.6) is 0 Å². The van der Waals surface area contributed by atoms with Crippen LogP contribution in [0.2, 0.25) is 19.6 Å². The van der Waals surface area contributed by atoms with Gasteiger partial charge in [0.2, 0.25) is 0 Å². The quantitative estimate of drug-likeness (QED) is 0.587. The van der Waals surface area contributed by atoms with E-state index in [0.29, 0.717) is 12.0 Å². The fourth-order valence-corrected chi connectivity index (χ4v) is 3.95. The predicted octanol–water partition coefficient (Wildman–Crippen LogP) is 3.07. The van der Waals surface area contributed by atoms with Gasteiger partial charge in [-0.25, -0.2) is 9.59 Å². The number of ether oxygens (including phenoxy) is 2. The van der Waals surface area contributed by atoms with E-state index in [1.807, 2.05) is 39.2 Å². The van der Waals surface area contributed by atoms with E-state index in [1.54, 1.807) is 6.20 Å². The molecule has 22 heavy (non-hydrogen) atoms. The highest BCUT2D eigenvalue weighted by Gasteiger charge is 2.41. The molecule has 5 nitrogen and oxygen atoms in total. The van der Waals surface area contributed by atoms with Gasteiger partial charge < -0.3 is 14.0 Å². The first kappa shape index (κ1) is 18.7. The molecule has 1 aliphatic heterocycles. The highest BCUT2D eigenvalue weighted by atomic mass is 28.3. The first-order valence-electron chi connectivity index (χ1n) is 7.74. The summed E-state index contributed by atoms with van der Waals surface area (Å²) in [5, 5.41) is 0. The van der Waals surface area contributed by atoms with Crippen molar-refractivity contribution < 1.29 is 19.1 Å². The molecule has 126 valence electrons. The zero-order valence-corrected chi connectivity index (χ0v) is 16.0. The third kappa shape index (κ3) is 5.16. The van der Waals surface area contributed by atoms with Gasteiger partial charge in [0.1, 0.15) is 19.9 Å².